The summed E-state index contributed by atoms with van der Waals surface area (Å²) in [5, 5.41) is 0. The maximum atomic E-state index is 6.51. The van der Waals surface area contributed by atoms with Gasteiger partial charge in [0.05, 0.1) is 6.61 Å². The molecule has 1 fully saturated rings. The van der Waals surface area contributed by atoms with E-state index in [9.17, 15) is 0 Å². The monoisotopic (exact) mass is 290 g/mol. The average molecular weight is 290 g/mol. The Morgan fingerprint density at radius 3 is 2.67 bits per heavy atom. The van der Waals surface area contributed by atoms with Crippen molar-refractivity contribution in [3.8, 4) is 0 Å². The van der Waals surface area contributed by atoms with Gasteiger partial charge in [-0.1, -0.05) is 23.8 Å². The molecule has 1 aromatic rings. The molecule has 2 unspecified atom stereocenters. The Kier molecular flexibility index (Phi) is 5.80. The van der Waals surface area contributed by atoms with E-state index in [1.165, 1.54) is 29.5 Å². The predicted molar refractivity (Wildman–Crippen MR) is 88.5 cm³/mol. The van der Waals surface area contributed by atoms with E-state index in [-0.39, 0.29) is 6.04 Å². The first kappa shape index (κ1) is 16.5. The number of rotatable bonds is 8. The Labute approximate surface area is 129 Å². The zero-order valence-electron chi connectivity index (χ0n) is 13.9. The van der Waals surface area contributed by atoms with Crippen LogP contribution in [0.15, 0.2) is 18.2 Å². The van der Waals surface area contributed by atoms with Crippen molar-refractivity contribution in [1.82, 2.24) is 4.90 Å². The highest BCUT2D eigenvalue weighted by atomic mass is 16.5. The number of benzene rings is 1. The van der Waals surface area contributed by atoms with Gasteiger partial charge in [0, 0.05) is 32.3 Å². The van der Waals surface area contributed by atoms with Crippen LogP contribution in [0.1, 0.15) is 42.5 Å². The first-order valence-electron chi connectivity index (χ1n) is 8.08. The third kappa shape index (κ3) is 4.53. The van der Waals surface area contributed by atoms with Crippen LogP contribution in [0, 0.1) is 19.8 Å². The molecule has 0 saturated heterocycles. The van der Waals surface area contributed by atoms with Gasteiger partial charge in [-0.15, -0.1) is 0 Å². The van der Waals surface area contributed by atoms with Gasteiger partial charge in [-0.2, -0.15) is 0 Å². The molecule has 2 N–H and O–H groups in total. The number of hydrogen-bond acceptors (Lipinski definition) is 3. The fourth-order valence-corrected chi connectivity index (χ4v) is 3.06. The lowest BCUT2D eigenvalue weighted by atomic mass is 9.98. The van der Waals surface area contributed by atoms with Gasteiger partial charge >= 0.3 is 0 Å². The molecule has 3 nitrogen and oxygen atoms in total. The van der Waals surface area contributed by atoms with Crippen molar-refractivity contribution in [2.45, 2.75) is 45.7 Å². The minimum Gasteiger partial charge on any atom is -0.383 e. The Morgan fingerprint density at radius 1 is 1.33 bits per heavy atom. The highest BCUT2D eigenvalue weighted by Crippen LogP contribution is 2.35. The molecule has 2 rings (SSSR count). The minimum atomic E-state index is 0.0722. The topological polar surface area (TPSA) is 38.5 Å². The summed E-state index contributed by atoms with van der Waals surface area (Å²) in [6.45, 7) is 9.27. The van der Waals surface area contributed by atoms with Crippen molar-refractivity contribution in [1.29, 1.82) is 0 Å². The number of nitrogens with zero attached hydrogens (tertiary/aromatic N) is 1. The van der Waals surface area contributed by atoms with E-state index >= 15 is 0 Å². The molecule has 0 aromatic heterocycles. The summed E-state index contributed by atoms with van der Waals surface area (Å²) >= 11 is 0. The minimum absolute atomic E-state index is 0.0722. The van der Waals surface area contributed by atoms with Gasteiger partial charge in [0.1, 0.15) is 0 Å². The molecular weight excluding hydrogens is 260 g/mol. The molecule has 0 amide bonds. The average Bonchev–Trinajstić information content (AvgIpc) is 3.29. The van der Waals surface area contributed by atoms with Crippen LogP contribution < -0.4 is 5.73 Å². The van der Waals surface area contributed by atoms with E-state index in [0.29, 0.717) is 6.04 Å². The normalized spacial score (nSPS) is 18.0. The molecule has 0 bridgehead atoms. The fourth-order valence-electron chi connectivity index (χ4n) is 3.06. The van der Waals surface area contributed by atoms with Crippen LogP contribution in [0.3, 0.4) is 0 Å². The lowest BCUT2D eigenvalue weighted by molar-refractivity contribution is 0.112. The summed E-state index contributed by atoms with van der Waals surface area (Å²) < 4.78 is 5.27. The molecule has 3 heteroatoms. The number of ether oxygens (including phenoxy) is 1. The summed E-state index contributed by atoms with van der Waals surface area (Å²) in [5.74, 6) is 0.854. The van der Waals surface area contributed by atoms with Gasteiger partial charge < -0.3 is 10.5 Å². The van der Waals surface area contributed by atoms with Crippen LogP contribution in [-0.4, -0.2) is 37.7 Å². The number of hydrogen-bond donors (Lipinski definition) is 1. The third-order valence-corrected chi connectivity index (χ3v) is 4.73. The first-order chi connectivity index (χ1) is 10.0. The molecule has 0 heterocycles. The lowest BCUT2D eigenvalue weighted by Gasteiger charge is -2.32. The van der Waals surface area contributed by atoms with E-state index in [0.717, 1.165) is 25.6 Å². The first-order valence-corrected chi connectivity index (χ1v) is 8.08. The van der Waals surface area contributed by atoms with Crippen molar-refractivity contribution < 1.29 is 4.74 Å². The largest absolute Gasteiger partial charge is 0.383 e. The Balaban J connectivity index is 2.05. The molecule has 1 aliphatic rings. The molecule has 1 saturated carbocycles. The summed E-state index contributed by atoms with van der Waals surface area (Å²) in [6.07, 6.45) is 2.73. The van der Waals surface area contributed by atoms with Gasteiger partial charge in [-0.3, -0.25) is 4.90 Å². The molecular formula is C18H30N2O. The van der Waals surface area contributed by atoms with Gasteiger partial charge in [-0.25, -0.2) is 0 Å². The zero-order valence-corrected chi connectivity index (χ0v) is 13.9. The van der Waals surface area contributed by atoms with Crippen molar-refractivity contribution in [3.05, 3.63) is 34.9 Å². The number of aryl methyl sites for hydroxylation is 2. The molecule has 1 aromatic carbocycles. The van der Waals surface area contributed by atoms with Crippen LogP contribution in [0.5, 0.6) is 0 Å². The summed E-state index contributed by atoms with van der Waals surface area (Å²) in [5.41, 5.74) is 10.4. The second-order valence-corrected chi connectivity index (χ2v) is 6.53. The Bertz CT molecular complexity index is 457. The molecule has 0 spiro atoms. The fraction of sp³-hybridized carbons (Fsp3) is 0.667. The van der Waals surface area contributed by atoms with Crippen molar-refractivity contribution in [2.24, 2.45) is 11.7 Å². The van der Waals surface area contributed by atoms with Gasteiger partial charge in [0.15, 0.2) is 0 Å². The Hall–Kier alpha value is -0.900. The van der Waals surface area contributed by atoms with Crippen molar-refractivity contribution in [3.63, 3.8) is 0 Å². The van der Waals surface area contributed by atoms with Crippen LogP contribution in [0.25, 0.3) is 0 Å². The Morgan fingerprint density at radius 2 is 2.05 bits per heavy atom. The van der Waals surface area contributed by atoms with E-state index in [4.69, 9.17) is 10.5 Å². The van der Waals surface area contributed by atoms with E-state index in [2.05, 4.69) is 43.9 Å². The SMILES string of the molecule is COCCN(CC(N)c1cc(C)ccc1C)C(C)C1CC1. The van der Waals surface area contributed by atoms with Crippen molar-refractivity contribution in [2.75, 3.05) is 26.8 Å². The predicted octanol–water partition coefficient (Wildman–Crippen LogP) is 3.05. The van der Waals surface area contributed by atoms with Crippen LogP contribution in [-0.2, 0) is 4.74 Å². The van der Waals surface area contributed by atoms with Gasteiger partial charge in [0.25, 0.3) is 0 Å². The summed E-state index contributed by atoms with van der Waals surface area (Å²) in [4.78, 5) is 2.51. The second-order valence-electron chi connectivity index (χ2n) is 6.53. The van der Waals surface area contributed by atoms with E-state index in [1.807, 2.05) is 0 Å². The second kappa shape index (κ2) is 7.39. The lowest BCUT2D eigenvalue weighted by Crippen LogP contribution is -2.41. The van der Waals surface area contributed by atoms with Gasteiger partial charge in [0.2, 0.25) is 0 Å². The highest BCUT2D eigenvalue weighted by molar-refractivity contribution is 5.33. The zero-order chi connectivity index (χ0) is 15.4. The van der Waals surface area contributed by atoms with Crippen molar-refractivity contribution >= 4 is 0 Å². The highest BCUT2D eigenvalue weighted by Gasteiger charge is 2.32. The quantitative estimate of drug-likeness (QED) is 0.800. The number of nitrogens with two attached hydrogens (primary N) is 1. The molecule has 2 atom stereocenters. The summed E-state index contributed by atoms with van der Waals surface area (Å²) in [6, 6.07) is 7.24. The molecule has 0 radical (unpaired) electrons. The van der Waals surface area contributed by atoms with Crippen LogP contribution in [0.2, 0.25) is 0 Å². The van der Waals surface area contributed by atoms with Gasteiger partial charge in [-0.05, 0) is 50.7 Å². The van der Waals surface area contributed by atoms with Crippen LogP contribution >= 0.6 is 0 Å². The third-order valence-electron chi connectivity index (χ3n) is 4.73. The number of methoxy groups -OCH3 is 1. The van der Waals surface area contributed by atoms with E-state index < -0.39 is 0 Å². The van der Waals surface area contributed by atoms with E-state index in [1.54, 1.807) is 7.11 Å². The molecule has 1 aliphatic carbocycles. The maximum Gasteiger partial charge on any atom is 0.0589 e. The standard InChI is InChI=1S/C18H30N2O/c1-13-5-6-14(2)17(11-13)18(19)12-20(9-10-21-4)15(3)16-7-8-16/h5-6,11,15-16,18H,7-10,12,19H2,1-4H3. The summed E-state index contributed by atoms with van der Waals surface area (Å²) in [7, 11) is 1.77. The molecule has 118 valence electrons. The smallest absolute Gasteiger partial charge is 0.0589 e. The maximum absolute atomic E-state index is 6.51. The molecule has 0 aliphatic heterocycles. The van der Waals surface area contributed by atoms with Crippen LogP contribution in [0.4, 0.5) is 0 Å². The molecule has 21 heavy (non-hydrogen) atoms.